The number of halogens is 2. The predicted octanol–water partition coefficient (Wildman–Crippen LogP) is 5.07. The molecular formula is C22H24Cl2N4O2. The van der Waals surface area contributed by atoms with Crippen molar-refractivity contribution in [1.82, 2.24) is 9.88 Å². The molecule has 0 bridgehead atoms. The third kappa shape index (κ3) is 5.45. The van der Waals surface area contributed by atoms with Crippen LogP contribution < -0.4 is 10.2 Å². The van der Waals surface area contributed by atoms with E-state index in [0.29, 0.717) is 22.5 Å². The normalized spacial score (nSPS) is 14.9. The number of nitrogens with one attached hydrogen (secondary N) is 1. The van der Waals surface area contributed by atoms with Gasteiger partial charge in [-0.1, -0.05) is 23.2 Å². The maximum atomic E-state index is 12.2. The van der Waals surface area contributed by atoms with Crippen LogP contribution in [0.5, 0.6) is 0 Å². The van der Waals surface area contributed by atoms with Gasteiger partial charge in [-0.2, -0.15) is 4.98 Å². The lowest BCUT2D eigenvalue weighted by molar-refractivity contribution is -0.116. The standard InChI is InChI=1S/C22H24Cl2N4O2/c23-16-4-7-18(8-5-16)28-13-11-27(12-14-28)10-2-1-3-21(29)26-22-25-19-15-17(24)6-9-20(19)30-22/h4-9,15H,1-3,10-14H2,(H,25,26,29). The molecule has 0 aliphatic carbocycles. The van der Waals surface area contributed by atoms with Crippen LogP contribution in [0.15, 0.2) is 46.9 Å². The minimum absolute atomic E-state index is 0.0831. The number of hydrogen-bond donors (Lipinski definition) is 1. The molecule has 2 heterocycles. The second kappa shape index (κ2) is 9.69. The van der Waals surface area contributed by atoms with E-state index in [1.54, 1.807) is 18.2 Å². The van der Waals surface area contributed by atoms with Crippen LogP contribution in [0.1, 0.15) is 19.3 Å². The summed E-state index contributed by atoms with van der Waals surface area (Å²) in [5, 5.41) is 4.08. The zero-order valence-electron chi connectivity index (χ0n) is 16.6. The number of carbonyl (C=O) groups is 1. The van der Waals surface area contributed by atoms with Crippen LogP contribution in [0.3, 0.4) is 0 Å². The van der Waals surface area contributed by atoms with Crippen molar-refractivity contribution in [3.05, 3.63) is 52.5 Å². The Bertz CT molecular complexity index is 998. The fourth-order valence-corrected chi connectivity index (χ4v) is 3.93. The van der Waals surface area contributed by atoms with Gasteiger partial charge >= 0.3 is 6.01 Å². The van der Waals surface area contributed by atoms with Crippen molar-refractivity contribution in [2.45, 2.75) is 19.3 Å². The zero-order chi connectivity index (χ0) is 20.9. The summed E-state index contributed by atoms with van der Waals surface area (Å²) in [6, 6.07) is 13.4. The van der Waals surface area contributed by atoms with Gasteiger partial charge in [-0.25, -0.2) is 0 Å². The molecule has 0 saturated carbocycles. The minimum Gasteiger partial charge on any atom is -0.423 e. The van der Waals surface area contributed by atoms with Crippen LogP contribution in [0.25, 0.3) is 11.1 Å². The second-order valence-corrected chi connectivity index (χ2v) is 8.31. The number of carbonyl (C=O) groups excluding carboxylic acids is 1. The molecule has 0 atom stereocenters. The first-order chi connectivity index (χ1) is 14.6. The number of piperazine rings is 1. The fraction of sp³-hybridized carbons (Fsp3) is 0.364. The largest absolute Gasteiger partial charge is 0.423 e. The summed E-state index contributed by atoms with van der Waals surface area (Å²) < 4.78 is 5.53. The molecule has 158 valence electrons. The highest BCUT2D eigenvalue weighted by Gasteiger charge is 2.17. The number of unbranched alkanes of at least 4 members (excludes halogenated alkanes) is 1. The lowest BCUT2D eigenvalue weighted by Crippen LogP contribution is -2.46. The summed E-state index contributed by atoms with van der Waals surface area (Å²) in [6.07, 6.45) is 2.26. The summed E-state index contributed by atoms with van der Waals surface area (Å²) in [7, 11) is 0. The second-order valence-electron chi connectivity index (χ2n) is 7.44. The Morgan fingerprint density at radius 2 is 1.73 bits per heavy atom. The molecule has 1 amide bonds. The SMILES string of the molecule is O=C(CCCCN1CCN(c2ccc(Cl)cc2)CC1)Nc1nc2cc(Cl)ccc2o1. The van der Waals surface area contributed by atoms with Crippen LogP contribution in [0.4, 0.5) is 11.7 Å². The van der Waals surface area contributed by atoms with E-state index in [1.165, 1.54) is 5.69 Å². The molecule has 30 heavy (non-hydrogen) atoms. The Balaban J connectivity index is 1.14. The molecule has 1 aliphatic heterocycles. The summed E-state index contributed by atoms with van der Waals surface area (Å²) in [6.45, 7) is 5.07. The molecule has 8 heteroatoms. The van der Waals surface area contributed by atoms with Crippen LogP contribution in [0.2, 0.25) is 10.0 Å². The van der Waals surface area contributed by atoms with Crippen molar-refractivity contribution in [2.24, 2.45) is 0 Å². The molecule has 6 nitrogen and oxygen atoms in total. The number of fused-ring (bicyclic) bond motifs is 1. The first-order valence-electron chi connectivity index (χ1n) is 10.2. The van der Waals surface area contributed by atoms with E-state index in [1.807, 2.05) is 12.1 Å². The van der Waals surface area contributed by atoms with Gasteiger partial charge in [-0.05, 0) is 61.9 Å². The minimum atomic E-state index is -0.0831. The van der Waals surface area contributed by atoms with E-state index in [4.69, 9.17) is 27.6 Å². The lowest BCUT2D eigenvalue weighted by atomic mass is 10.2. The highest BCUT2D eigenvalue weighted by atomic mass is 35.5. The first-order valence-corrected chi connectivity index (χ1v) is 10.9. The fourth-order valence-electron chi connectivity index (χ4n) is 3.64. The number of benzene rings is 2. The van der Waals surface area contributed by atoms with E-state index >= 15 is 0 Å². The van der Waals surface area contributed by atoms with Crippen molar-refractivity contribution in [2.75, 3.05) is 42.9 Å². The molecular weight excluding hydrogens is 423 g/mol. The molecule has 0 spiro atoms. The maximum Gasteiger partial charge on any atom is 0.302 e. The molecule has 2 aromatic carbocycles. The highest BCUT2D eigenvalue weighted by Crippen LogP contribution is 2.23. The third-order valence-electron chi connectivity index (χ3n) is 5.29. The molecule has 1 N–H and O–H groups in total. The number of rotatable bonds is 7. The molecule has 1 aromatic heterocycles. The van der Waals surface area contributed by atoms with Gasteiger partial charge in [-0.3, -0.25) is 15.0 Å². The number of anilines is 2. The zero-order valence-corrected chi connectivity index (χ0v) is 18.1. The van der Waals surface area contributed by atoms with Gasteiger partial charge in [-0.15, -0.1) is 0 Å². The summed E-state index contributed by atoms with van der Waals surface area (Å²) >= 11 is 11.9. The van der Waals surface area contributed by atoms with Crippen molar-refractivity contribution < 1.29 is 9.21 Å². The summed E-state index contributed by atoms with van der Waals surface area (Å²) in [5.74, 6) is -0.0831. The van der Waals surface area contributed by atoms with E-state index in [-0.39, 0.29) is 11.9 Å². The molecule has 0 radical (unpaired) electrons. The average Bonchev–Trinajstić information content (AvgIpc) is 3.13. The first kappa shape index (κ1) is 21.0. The van der Waals surface area contributed by atoms with Gasteiger partial charge in [0, 0.05) is 48.3 Å². The molecule has 1 aliphatic rings. The Morgan fingerprint density at radius 3 is 2.50 bits per heavy atom. The van der Waals surface area contributed by atoms with Crippen molar-refractivity contribution >= 4 is 51.9 Å². The highest BCUT2D eigenvalue weighted by molar-refractivity contribution is 6.31. The predicted molar refractivity (Wildman–Crippen MR) is 122 cm³/mol. The Morgan fingerprint density at radius 1 is 1.00 bits per heavy atom. The van der Waals surface area contributed by atoms with Crippen LogP contribution in [-0.2, 0) is 4.79 Å². The van der Waals surface area contributed by atoms with E-state index in [2.05, 4.69) is 32.2 Å². The smallest absolute Gasteiger partial charge is 0.302 e. The molecule has 4 rings (SSSR count). The molecule has 0 unspecified atom stereocenters. The topological polar surface area (TPSA) is 61.6 Å². The van der Waals surface area contributed by atoms with Crippen molar-refractivity contribution in [1.29, 1.82) is 0 Å². The lowest BCUT2D eigenvalue weighted by Gasteiger charge is -2.36. The number of amides is 1. The van der Waals surface area contributed by atoms with E-state index in [9.17, 15) is 4.79 Å². The van der Waals surface area contributed by atoms with Crippen LogP contribution in [0, 0.1) is 0 Å². The van der Waals surface area contributed by atoms with Crippen LogP contribution in [-0.4, -0.2) is 48.5 Å². The number of nitrogens with zero attached hydrogens (tertiary/aromatic N) is 3. The van der Waals surface area contributed by atoms with E-state index in [0.717, 1.165) is 50.6 Å². The van der Waals surface area contributed by atoms with Gasteiger partial charge in [0.15, 0.2) is 5.58 Å². The van der Waals surface area contributed by atoms with Gasteiger partial charge in [0.2, 0.25) is 5.91 Å². The van der Waals surface area contributed by atoms with Gasteiger partial charge in [0.05, 0.1) is 0 Å². The van der Waals surface area contributed by atoms with Crippen LogP contribution >= 0.6 is 23.2 Å². The number of oxazole rings is 1. The van der Waals surface area contributed by atoms with Gasteiger partial charge < -0.3 is 9.32 Å². The Kier molecular flexibility index (Phi) is 6.77. The Hall–Kier alpha value is -2.28. The molecule has 1 fully saturated rings. The van der Waals surface area contributed by atoms with Crippen molar-refractivity contribution in [3.63, 3.8) is 0 Å². The Labute approximate surface area is 185 Å². The summed E-state index contributed by atoms with van der Waals surface area (Å²) in [4.78, 5) is 21.2. The average molecular weight is 447 g/mol. The molecule has 3 aromatic rings. The van der Waals surface area contributed by atoms with Gasteiger partial charge in [0.25, 0.3) is 0 Å². The third-order valence-corrected chi connectivity index (χ3v) is 5.78. The number of hydrogen-bond acceptors (Lipinski definition) is 5. The molecule has 1 saturated heterocycles. The number of aromatic nitrogens is 1. The summed E-state index contributed by atoms with van der Waals surface area (Å²) in [5.41, 5.74) is 2.46. The van der Waals surface area contributed by atoms with Gasteiger partial charge in [0.1, 0.15) is 5.52 Å². The quantitative estimate of drug-likeness (QED) is 0.513. The maximum absolute atomic E-state index is 12.2. The monoisotopic (exact) mass is 446 g/mol. The van der Waals surface area contributed by atoms with Crippen molar-refractivity contribution in [3.8, 4) is 0 Å². The van der Waals surface area contributed by atoms with E-state index < -0.39 is 0 Å².